The van der Waals surface area contributed by atoms with Crippen LogP contribution in [0.4, 0.5) is 15.3 Å². The van der Waals surface area contributed by atoms with E-state index >= 15 is 0 Å². The van der Waals surface area contributed by atoms with Crippen molar-refractivity contribution in [2.45, 2.75) is 64.8 Å². The van der Waals surface area contributed by atoms with E-state index in [1.807, 2.05) is 9.42 Å². The predicted molar refractivity (Wildman–Crippen MR) is 140 cm³/mol. The van der Waals surface area contributed by atoms with E-state index in [2.05, 4.69) is 31.0 Å². The number of halogens is 1. The molecule has 3 aromatic rings. The molecule has 0 atom stereocenters. The molecule has 2 fully saturated rings. The third-order valence-electron chi connectivity index (χ3n) is 6.95. The minimum absolute atomic E-state index is 0.195. The highest BCUT2D eigenvalue weighted by molar-refractivity contribution is 7.20. The number of hydrogen-bond donors (Lipinski definition) is 1. The lowest BCUT2D eigenvalue weighted by Crippen LogP contribution is -2.48. The van der Waals surface area contributed by atoms with Gasteiger partial charge in [0.25, 0.3) is 0 Å². The molecular weight excluding hydrogens is 463 g/mol. The molecule has 1 aliphatic heterocycles. The summed E-state index contributed by atoms with van der Waals surface area (Å²) >= 11 is 1.55. The van der Waals surface area contributed by atoms with Crippen LogP contribution < -0.4 is 10.2 Å². The molecule has 35 heavy (non-hydrogen) atoms. The van der Waals surface area contributed by atoms with Crippen molar-refractivity contribution in [2.75, 3.05) is 36.4 Å². The molecule has 3 heterocycles. The zero-order valence-corrected chi connectivity index (χ0v) is 21.7. The number of carbonyl (C=O) groups excluding carboxylic acids is 1. The van der Waals surface area contributed by atoms with E-state index in [1.165, 1.54) is 37.8 Å². The van der Waals surface area contributed by atoms with Crippen molar-refractivity contribution in [3.8, 4) is 11.3 Å². The van der Waals surface area contributed by atoms with Gasteiger partial charge in [-0.1, -0.05) is 37.0 Å². The Hall–Kier alpha value is -2.68. The molecule has 2 aliphatic rings. The fourth-order valence-electron chi connectivity index (χ4n) is 5.07. The fraction of sp³-hybridized carbons (Fsp3) is 0.577. The van der Waals surface area contributed by atoms with Crippen LogP contribution in [0.2, 0.25) is 0 Å². The summed E-state index contributed by atoms with van der Waals surface area (Å²) in [6.45, 7) is 9.31. The molecule has 7 nitrogen and oxygen atoms in total. The second-order valence-corrected chi connectivity index (χ2v) is 11.8. The van der Waals surface area contributed by atoms with Gasteiger partial charge >= 0.3 is 0 Å². The van der Waals surface area contributed by atoms with E-state index in [1.54, 1.807) is 23.5 Å². The molecule has 0 spiro atoms. The zero-order chi connectivity index (χ0) is 24.6. The lowest BCUT2D eigenvalue weighted by atomic mass is 10.0. The summed E-state index contributed by atoms with van der Waals surface area (Å²) in [4.78, 5) is 22.6. The van der Waals surface area contributed by atoms with Gasteiger partial charge in [-0.3, -0.25) is 4.79 Å². The quantitative estimate of drug-likeness (QED) is 0.491. The van der Waals surface area contributed by atoms with Gasteiger partial charge in [0.15, 0.2) is 5.82 Å². The second kappa shape index (κ2) is 9.76. The molecule has 1 aromatic carbocycles. The number of rotatable bonds is 6. The minimum Gasteiger partial charge on any atom is -0.364 e. The molecule has 1 saturated heterocycles. The fourth-order valence-corrected chi connectivity index (χ4v) is 6.03. The number of carbonyl (C=O) groups is 1. The Morgan fingerprint density at radius 1 is 1.11 bits per heavy atom. The van der Waals surface area contributed by atoms with Crippen molar-refractivity contribution >= 4 is 33.2 Å². The summed E-state index contributed by atoms with van der Waals surface area (Å²) in [6, 6.07) is 6.41. The average Bonchev–Trinajstić information content (AvgIpc) is 3.55. The first kappa shape index (κ1) is 24.0. The normalized spacial score (nSPS) is 17.5. The van der Waals surface area contributed by atoms with Crippen LogP contribution in [0.1, 0.15) is 59.3 Å². The Kier molecular flexibility index (Phi) is 6.70. The third kappa shape index (κ3) is 5.44. The molecule has 1 aliphatic carbocycles. The highest BCUT2D eigenvalue weighted by Gasteiger charge is 2.27. The van der Waals surface area contributed by atoms with Gasteiger partial charge < -0.3 is 15.1 Å². The van der Waals surface area contributed by atoms with Gasteiger partial charge in [0, 0.05) is 43.7 Å². The zero-order valence-electron chi connectivity index (χ0n) is 20.9. The van der Waals surface area contributed by atoms with Crippen LogP contribution in [0, 0.1) is 11.7 Å². The number of piperazine rings is 1. The monoisotopic (exact) mass is 498 g/mol. The predicted octanol–water partition coefficient (Wildman–Crippen LogP) is 5.43. The SMILES string of the molecule is CC(C)(C)Nc1c(-c2ccc(F)cc2)nc2sc(N3CCN(C(=O)CCC4CCCC4)CC3)nn12. The number of amides is 1. The highest BCUT2D eigenvalue weighted by atomic mass is 32.1. The number of fused-ring (bicyclic) bond motifs is 1. The maximum atomic E-state index is 13.5. The van der Waals surface area contributed by atoms with E-state index in [0.29, 0.717) is 12.3 Å². The molecule has 2 aromatic heterocycles. The summed E-state index contributed by atoms with van der Waals surface area (Å²) in [5.74, 6) is 1.59. The maximum Gasteiger partial charge on any atom is 0.222 e. The van der Waals surface area contributed by atoms with Crippen LogP contribution in [0.3, 0.4) is 0 Å². The van der Waals surface area contributed by atoms with E-state index in [9.17, 15) is 9.18 Å². The summed E-state index contributed by atoms with van der Waals surface area (Å²) in [5.41, 5.74) is 1.42. The van der Waals surface area contributed by atoms with Crippen LogP contribution >= 0.6 is 11.3 Å². The lowest BCUT2D eigenvalue weighted by molar-refractivity contribution is -0.131. The van der Waals surface area contributed by atoms with Crippen LogP contribution in [0.5, 0.6) is 0 Å². The van der Waals surface area contributed by atoms with Gasteiger partial charge in [0.1, 0.15) is 11.5 Å². The standard InChI is InChI=1S/C26H35FN6OS/c1-26(2,3)29-23-22(19-9-11-20(27)12-10-19)28-24-33(23)30-25(35-24)32-16-14-31(15-17-32)21(34)13-8-18-6-4-5-7-18/h9-12,18,29H,4-8,13-17H2,1-3H3. The van der Waals surface area contributed by atoms with Gasteiger partial charge in [-0.15, -0.1) is 5.10 Å². The molecule has 9 heteroatoms. The smallest absolute Gasteiger partial charge is 0.222 e. The molecule has 0 radical (unpaired) electrons. The number of benzene rings is 1. The Bertz CT molecular complexity index is 1170. The van der Waals surface area contributed by atoms with E-state index in [-0.39, 0.29) is 11.4 Å². The van der Waals surface area contributed by atoms with Gasteiger partial charge in [0.05, 0.1) is 0 Å². The summed E-state index contributed by atoms with van der Waals surface area (Å²) < 4.78 is 15.4. The molecule has 0 bridgehead atoms. The first-order chi connectivity index (χ1) is 16.8. The first-order valence-electron chi connectivity index (χ1n) is 12.7. The highest BCUT2D eigenvalue weighted by Crippen LogP contribution is 2.35. The Balaban J connectivity index is 1.30. The molecule has 5 rings (SSSR count). The molecule has 1 N–H and O–H groups in total. The van der Waals surface area contributed by atoms with Crippen molar-refractivity contribution in [3.05, 3.63) is 30.1 Å². The largest absolute Gasteiger partial charge is 0.364 e. The summed E-state index contributed by atoms with van der Waals surface area (Å²) in [7, 11) is 0. The Labute approximate surface area is 210 Å². The summed E-state index contributed by atoms with van der Waals surface area (Å²) in [5, 5.41) is 9.35. The van der Waals surface area contributed by atoms with E-state index in [0.717, 1.165) is 65.7 Å². The minimum atomic E-state index is -0.267. The van der Waals surface area contributed by atoms with Crippen LogP contribution in [0.15, 0.2) is 24.3 Å². The number of imidazole rings is 1. The van der Waals surface area contributed by atoms with Crippen molar-refractivity contribution in [3.63, 3.8) is 0 Å². The number of hydrogen-bond acceptors (Lipinski definition) is 6. The van der Waals surface area contributed by atoms with Crippen molar-refractivity contribution in [1.29, 1.82) is 0 Å². The van der Waals surface area contributed by atoms with E-state index in [4.69, 9.17) is 10.1 Å². The van der Waals surface area contributed by atoms with E-state index < -0.39 is 0 Å². The first-order valence-corrected chi connectivity index (χ1v) is 13.5. The van der Waals surface area contributed by atoms with Crippen molar-refractivity contribution in [1.82, 2.24) is 19.5 Å². The maximum absolute atomic E-state index is 13.5. The number of anilines is 2. The third-order valence-corrected chi connectivity index (χ3v) is 7.92. The Morgan fingerprint density at radius 3 is 2.46 bits per heavy atom. The Morgan fingerprint density at radius 2 is 1.80 bits per heavy atom. The second-order valence-electron chi connectivity index (χ2n) is 10.8. The molecule has 188 valence electrons. The molecule has 1 saturated carbocycles. The van der Waals surface area contributed by atoms with Crippen LogP contribution in [-0.4, -0.2) is 57.1 Å². The van der Waals surface area contributed by atoms with Crippen LogP contribution in [-0.2, 0) is 4.79 Å². The molecular formula is C26H35FN6OS. The summed E-state index contributed by atoms with van der Waals surface area (Å²) in [6.07, 6.45) is 6.97. The van der Waals surface area contributed by atoms with Crippen LogP contribution in [0.25, 0.3) is 16.2 Å². The van der Waals surface area contributed by atoms with Gasteiger partial charge in [-0.2, -0.15) is 4.52 Å². The topological polar surface area (TPSA) is 65.8 Å². The van der Waals surface area contributed by atoms with Gasteiger partial charge in [0.2, 0.25) is 16.0 Å². The van der Waals surface area contributed by atoms with Gasteiger partial charge in [-0.25, -0.2) is 9.37 Å². The number of nitrogens with one attached hydrogen (secondary N) is 1. The number of nitrogens with zero attached hydrogens (tertiary/aromatic N) is 5. The van der Waals surface area contributed by atoms with Crippen molar-refractivity contribution in [2.24, 2.45) is 5.92 Å². The molecule has 1 amide bonds. The van der Waals surface area contributed by atoms with Crippen molar-refractivity contribution < 1.29 is 9.18 Å². The number of aromatic nitrogens is 3. The lowest BCUT2D eigenvalue weighted by Gasteiger charge is -2.34. The van der Waals surface area contributed by atoms with Gasteiger partial charge in [-0.05, 0) is 57.4 Å². The molecule has 0 unspecified atom stereocenters. The average molecular weight is 499 g/mol.